The molecule has 0 radical (unpaired) electrons. The minimum Gasteiger partial charge on any atom is -0.352 e. The number of halogens is 1. The molecule has 1 aliphatic heterocycles. The Balaban J connectivity index is 1.86. The summed E-state index contributed by atoms with van der Waals surface area (Å²) in [4.78, 5) is 11.8. The summed E-state index contributed by atoms with van der Waals surface area (Å²) >= 11 is 6.02. The van der Waals surface area contributed by atoms with Crippen molar-refractivity contribution in [2.45, 2.75) is 25.3 Å². The predicted molar refractivity (Wildman–Crippen MR) is 69.2 cm³/mol. The van der Waals surface area contributed by atoms with E-state index >= 15 is 0 Å². The third kappa shape index (κ3) is 3.72. The van der Waals surface area contributed by atoms with Crippen LogP contribution in [0, 0.1) is 0 Å². The fraction of sp³-hybridized carbons (Fsp3) is 0.462. The number of hydrogen-bond donors (Lipinski definition) is 2. The molecule has 2 rings (SSSR count). The van der Waals surface area contributed by atoms with Crippen LogP contribution in [-0.2, 0) is 11.2 Å². The molecule has 1 aliphatic rings. The fourth-order valence-corrected chi connectivity index (χ4v) is 2.27. The van der Waals surface area contributed by atoms with Crippen LogP contribution in [-0.4, -0.2) is 25.0 Å². The first-order chi connectivity index (χ1) is 8.25. The van der Waals surface area contributed by atoms with Crippen LogP contribution in [0.4, 0.5) is 0 Å². The van der Waals surface area contributed by atoms with Crippen molar-refractivity contribution in [3.63, 3.8) is 0 Å². The van der Waals surface area contributed by atoms with E-state index in [1.807, 2.05) is 24.3 Å². The number of benzene rings is 1. The molecular weight excluding hydrogens is 236 g/mol. The molecule has 0 spiro atoms. The van der Waals surface area contributed by atoms with E-state index in [1.54, 1.807) is 0 Å². The van der Waals surface area contributed by atoms with E-state index in [9.17, 15) is 4.79 Å². The van der Waals surface area contributed by atoms with E-state index < -0.39 is 0 Å². The molecule has 0 aliphatic carbocycles. The molecule has 1 fully saturated rings. The summed E-state index contributed by atoms with van der Waals surface area (Å²) in [6.07, 6.45) is 2.54. The highest BCUT2D eigenvalue weighted by Gasteiger charge is 2.15. The molecule has 0 saturated carbocycles. The van der Waals surface area contributed by atoms with Gasteiger partial charge in [0.25, 0.3) is 0 Å². The van der Waals surface area contributed by atoms with Gasteiger partial charge < -0.3 is 10.6 Å². The second-order valence-electron chi connectivity index (χ2n) is 4.38. The normalized spacial score (nSPS) is 19.9. The van der Waals surface area contributed by atoms with Crippen molar-refractivity contribution in [2.75, 3.05) is 13.1 Å². The average Bonchev–Trinajstić information content (AvgIpc) is 2.33. The highest BCUT2D eigenvalue weighted by molar-refractivity contribution is 6.31. The predicted octanol–water partition coefficient (Wildman–Crippen LogP) is 1.75. The summed E-state index contributed by atoms with van der Waals surface area (Å²) in [5, 5.41) is 6.97. The van der Waals surface area contributed by atoms with E-state index in [2.05, 4.69) is 10.6 Å². The lowest BCUT2D eigenvalue weighted by Gasteiger charge is -2.23. The monoisotopic (exact) mass is 252 g/mol. The molecule has 1 atom stereocenters. The Morgan fingerprint density at radius 3 is 3.00 bits per heavy atom. The van der Waals surface area contributed by atoms with Gasteiger partial charge in [-0.3, -0.25) is 4.79 Å². The van der Waals surface area contributed by atoms with Gasteiger partial charge in [0.05, 0.1) is 6.42 Å². The van der Waals surface area contributed by atoms with Crippen molar-refractivity contribution in [1.29, 1.82) is 0 Å². The molecule has 1 heterocycles. The van der Waals surface area contributed by atoms with E-state index in [0.717, 1.165) is 31.5 Å². The number of amides is 1. The first-order valence-electron chi connectivity index (χ1n) is 5.99. The molecule has 1 aromatic carbocycles. The number of carbonyl (C=O) groups excluding carboxylic acids is 1. The van der Waals surface area contributed by atoms with Gasteiger partial charge in [-0.2, -0.15) is 0 Å². The second kappa shape index (κ2) is 6.03. The van der Waals surface area contributed by atoms with Crippen LogP contribution >= 0.6 is 11.6 Å². The lowest BCUT2D eigenvalue weighted by atomic mass is 10.1. The van der Waals surface area contributed by atoms with E-state index in [4.69, 9.17) is 11.6 Å². The maximum absolute atomic E-state index is 11.8. The van der Waals surface area contributed by atoms with Crippen molar-refractivity contribution in [3.05, 3.63) is 34.9 Å². The van der Waals surface area contributed by atoms with Gasteiger partial charge in [-0.15, -0.1) is 0 Å². The van der Waals surface area contributed by atoms with Crippen molar-refractivity contribution < 1.29 is 4.79 Å². The maximum Gasteiger partial charge on any atom is 0.224 e. The van der Waals surface area contributed by atoms with Crippen LogP contribution in [0.25, 0.3) is 0 Å². The van der Waals surface area contributed by atoms with Gasteiger partial charge in [-0.1, -0.05) is 29.8 Å². The number of rotatable bonds is 3. The standard InChI is InChI=1S/C13H17ClN2O/c14-12-6-2-1-4-10(12)8-13(17)16-11-5-3-7-15-9-11/h1-2,4,6,11,15H,3,5,7-9H2,(H,16,17). The van der Waals surface area contributed by atoms with Crippen molar-refractivity contribution in [1.82, 2.24) is 10.6 Å². The van der Waals surface area contributed by atoms with Gasteiger partial charge in [0.15, 0.2) is 0 Å². The SMILES string of the molecule is O=C(Cc1ccccc1Cl)NC1CCCNC1. The van der Waals surface area contributed by atoms with Gasteiger partial charge in [0, 0.05) is 17.6 Å². The molecule has 1 aromatic rings. The molecule has 1 amide bonds. The first-order valence-corrected chi connectivity index (χ1v) is 6.37. The van der Waals surface area contributed by atoms with Gasteiger partial charge >= 0.3 is 0 Å². The third-order valence-corrected chi connectivity index (χ3v) is 3.34. The van der Waals surface area contributed by atoms with Crippen LogP contribution in [0.5, 0.6) is 0 Å². The minimum atomic E-state index is 0.0480. The van der Waals surface area contributed by atoms with E-state index in [-0.39, 0.29) is 11.9 Å². The van der Waals surface area contributed by atoms with Gasteiger partial charge in [-0.05, 0) is 31.0 Å². The summed E-state index contributed by atoms with van der Waals surface area (Å²) < 4.78 is 0. The van der Waals surface area contributed by atoms with E-state index in [0.29, 0.717) is 11.4 Å². The molecular formula is C13H17ClN2O. The fourth-order valence-electron chi connectivity index (χ4n) is 2.07. The molecule has 0 bridgehead atoms. The summed E-state index contributed by atoms with van der Waals surface area (Å²) in [6, 6.07) is 7.73. The molecule has 4 heteroatoms. The number of hydrogen-bond acceptors (Lipinski definition) is 2. The Bertz CT molecular complexity index is 389. The highest BCUT2D eigenvalue weighted by Crippen LogP contribution is 2.15. The smallest absolute Gasteiger partial charge is 0.224 e. The lowest BCUT2D eigenvalue weighted by molar-refractivity contribution is -0.121. The average molecular weight is 253 g/mol. The first kappa shape index (κ1) is 12.4. The quantitative estimate of drug-likeness (QED) is 0.861. The summed E-state index contributed by atoms with van der Waals surface area (Å²) in [6.45, 7) is 1.92. The minimum absolute atomic E-state index is 0.0480. The Morgan fingerprint density at radius 2 is 2.29 bits per heavy atom. The zero-order chi connectivity index (χ0) is 12.1. The lowest BCUT2D eigenvalue weighted by Crippen LogP contribution is -2.46. The van der Waals surface area contributed by atoms with Gasteiger partial charge in [-0.25, -0.2) is 0 Å². The number of carbonyl (C=O) groups is 1. The molecule has 0 aromatic heterocycles. The van der Waals surface area contributed by atoms with Gasteiger partial charge in [0.1, 0.15) is 0 Å². The molecule has 3 nitrogen and oxygen atoms in total. The molecule has 92 valence electrons. The van der Waals surface area contributed by atoms with Crippen molar-refractivity contribution in [2.24, 2.45) is 0 Å². The maximum atomic E-state index is 11.8. The summed E-state index contributed by atoms with van der Waals surface area (Å²) in [7, 11) is 0. The van der Waals surface area contributed by atoms with Crippen LogP contribution < -0.4 is 10.6 Å². The Hall–Kier alpha value is -1.06. The van der Waals surface area contributed by atoms with E-state index in [1.165, 1.54) is 0 Å². The molecule has 1 unspecified atom stereocenters. The zero-order valence-electron chi connectivity index (χ0n) is 9.71. The Morgan fingerprint density at radius 1 is 1.47 bits per heavy atom. The highest BCUT2D eigenvalue weighted by atomic mass is 35.5. The summed E-state index contributed by atoms with van der Waals surface area (Å²) in [5.74, 6) is 0.0480. The molecule has 17 heavy (non-hydrogen) atoms. The molecule has 1 saturated heterocycles. The Labute approximate surface area is 107 Å². The summed E-state index contributed by atoms with van der Waals surface area (Å²) in [5.41, 5.74) is 0.885. The molecule has 2 N–H and O–H groups in total. The van der Waals surface area contributed by atoms with Gasteiger partial charge in [0.2, 0.25) is 5.91 Å². The number of nitrogens with one attached hydrogen (secondary N) is 2. The number of piperidine rings is 1. The Kier molecular flexibility index (Phi) is 4.40. The van der Waals surface area contributed by atoms with Crippen LogP contribution in [0.15, 0.2) is 24.3 Å². The van der Waals surface area contributed by atoms with Crippen LogP contribution in [0.3, 0.4) is 0 Å². The topological polar surface area (TPSA) is 41.1 Å². The second-order valence-corrected chi connectivity index (χ2v) is 4.79. The zero-order valence-corrected chi connectivity index (χ0v) is 10.5. The largest absolute Gasteiger partial charge is 0.352 e. The van der Waals surface area contributed by atoms with Crippen molar-refractivity contribution in [3.8, 4) is 0 Å². The third-order valence-electron chi connectivity index (χ3n) is 2.97. The van der Waals surface area contributed by atoms with Crippen molar-refractivity contribution >= 4 is 17.5 Å². The van der Waals surface area contributed by atoms with Crippen LogP contribution in [0.1, 0.15) is 18.4 Å². The van der Waals surface area contributed by atoms with Crippen LogP contribution in [0.2, 0.25) is 5.02 Å².